The molecule has 1 saturated carbocycles. The molecule has 104 valence electrons. The van der Waals surface area contributed by atoms with E-state index in [2.05, 4.69) is 24.6 Å². The van der Waals surface area contributed by atoms with Crippen LogP contribution in [0.3, 0.4) is 0 Å². The Labute approximate surface area is 118 Å². The third-order valence-corrected chi connectivity index (χ3v) is 4.87. The van der Waals surface area contributed by atoms with E-state index in [1.807, 2.05) is 18.3 Å². The summed E-state index contributed by atoms with van der Waals surface area (Å²) in [6.45, 7) is 4.62. The van der Waals surface area contributed by atoms with Crippen LogP contribution in [0, 0.1) is 5.41 Å². The maximum Gasteiger partial charge on any atom is 0.146 e. The number of nitrogens with zero attached hydrogens (tertiary/aromatic N) is 3. The fraction of sp³-hybridized carbons (Fsp3) is 0.500. The van der Waals surface area contributed by atoms with Gasteiger partial charge in [0.15, 0.2) is 0 Å². The van der Waals surface area contributed by atoms with E-state index < -0.39 is 0 Å². The zero-order valence-electron chi connectivity index (χ0n) is 12.1. The Morgan fingerprint density at radius 2 is 2.20 bits per heavy atom. The molecule has 0 amide bonds. The Kier molecular flexibility index (Phi) is 2.29. The Morgan fingerprint density at radius 3 is 3.00 bits per heavy atom. The summed E-state index contributed by atoms with van der Waals surface area (Å²) in [4.78, 5) is 4.84. The fourth-order valence-corrected chi connectivity index (χ4v) is 3.72. The second-order valence-corrected chi connectivity index (χ2v) is 6.50. The highest BCUT2D eigenvalue weighted by Crippen LogP contribution is 2.48. The topological polar surface area (TPSA) is 39.4 Å². The van der Waals surface area contributed by atoms with Crippen molar-refractivity contribution in [2.24, 2.45) is 10.4 Å². The van der Waals surface area contributed by atoms with Crippen molar-refractivity contribution in [2.75, 3.05) is 7.11 Å². The first-order valence-electron chi connectivity index (χ1n) is 7.20. The van der Waals surface area contributed by atoms with Crippen LogP contribution in [0.5, 0.6) is 5.75 Å². The minimum atomic E-state index is 0.265. The first kappa shape index (κ1) is 11.9. The summed E-state index contributed by atoms with van der Waals surface area (Å²) in [5.41, 5.74) is 2.33. The molecule has 1 aromatic carbocycles. The molecule has 20 heavy (non-hydrogen) atoms. The maximum atomic E-state index is 5.44. The second-order valence-electron chi connectivity index (χ2n) is 6.50. The van der Waals surface area contributed by atoms with Gasteiger partial charge in [-0.05, 0) is 24.3 Å². The number of methoxy groups -OCH3 is 1. The van der Waals surface area contributed by atoms with E-state index >= 15 is 0 Å². The number of fused-ring (bicyclic) bond motifs is 5. The number of benzene rings is 1. The van der Waals surface area contributed by atoms with E-state index in [0.29, 0.717) is 12.1 Å². The van der Waals surface area contributed by atoms with Crippen molar-refractivity contribution in [3.8, 4) is 5.75 Å². The van der Waals surface area contributed by atoms with E-state index in [-0.39, 0.29) is 5.41 Å². The first-order valence-corrected chi connectivity index (χ1v) is 7.20. The number of hydrogen-bond acceptors (Lipinski definition) is 3. The Hall–Kier alpha value is -1.84. The standard InChI is InChI=1S/C16H19N3O/c1-16(2)8-7-11-15(16)17-9-12-10-5-4-6-13(20-3)14(10)18-19(11)12/h4-6,9,11,15H,7-8H2,1-3H3. The van der Waals surface area contributed by atoms with Crippen molar-refractivity contribution in [1.29, 1.82) is 0 Å². The molecule has 0 spiro atoms. The molecule has 2 aromatic rings. The molecular weight excluding hydrogens is 250 g/mol. The molecule has 2 unspecified atom stereocenters. The molecule has 4 heteroatoms. The molecule has 0 radical (unpaired) electrons. The van der Waals surface area contributed by atoms with Crippen molar-refractivity contribution in [3.05, 3.63) is 23.9 Å². The number of aromatic nitrogens is 2. The quantitative estimate of drug-likeness (QED) is 0.797. The zero-order valence-corrected chi connectivity index (χ0v) is 12.1. The van der Waals surface area contributed by atoms with Gasteiger partial charge in [-0.2, -0.15) is 5.10 Å². The van der Waals surface area contributed by atoms with Gasteiger partial charge in [0.05, 0.1) is 24.9 Å². The smallest absolute Gasteiger partial charge is 0.146 e. The summed E-state index contributed by atoms with van der Waals surface area (Å²) in [6, 6.07) is 6.82. The van der Waals surface area contributed by atoms with Gasteiger partial charge in [-0.1, -0.05) is 26.0 Å². The molecule has 1 fully saturated rings. The predicted molar refractivity (Wildman–Crippen MR) is 79.7 cm³/mol. The molecule has 0 bridgehead atoms. The lowest BCUT2D eigenvalue weighted by Crippen LogP contribution is -2.32. The number of aliphatic imine (C=N–C) groups is 1. The van der Waals surface area contributed by atoms with Crippen molar-refractivity contribution in [3.63, 3.8) is 0 Å². The molecule has 1 aromatic heterocycles. The number of hydrogen-bond donors (Lipinski definition) is 0. The highest BCUT2D eigenvalue weighted by atomic mass is 16.5. The van der Waals surface area contributed by atoms with Gasteiger partial charge in [0.1, 0.15) is 11.3 Å². The van der Waals surface area contributed by atoms with Crippen molar-refractivity contribution < 1.29 is 4.74 Å². The van der Waals surface area contributed by atoms with E-state index in [9.17, 15) is 0 Å². The van der Waals surface area contributed by atoms with Crippen LogP contribution in [-0.2, 0) is 0 Å². The summed E-state index contributed by atoms with van der Waals surface area (Å²) >= 11 is 0. The van der Waals surface area contributed by atoms with Gasteiger partial charge in [-0.25, -0.2) is 0 Å². The maximum absolute atomic E-state index is 5.44. The molecule has 1 aliphatic heterocycles. The van der Waals surface area contributed by atoms with Gasteiger partial charge in [0, 0.05) is 11.6 Å². The van der Waals surface area contributed by atoms with Crippen molar-refractivity contribution in [2.45, 2.75) is 38.8 Å². The summed E-state index contributed by atoms with van der Waals surface area (Å²) in [6.07, 6.45) is 4.35. The lowest BCUT2D eigenvalue weighted by atomic mass is 9.86. The predicted octanol–water partition coefficient (Wildman–Crippen LogP) is 3.21. The monoisotopic (exact) mass is 269 g/mol. The SMILES string of the molecule is COc1cccc2c3n(nc12)C1CCC(C)(C)C1N=C3. The first-order chi connectivity index (χ1) is 9.62. The highest BCUT2D eigenvalue weighted by molar-refractivity contribution is 6.00. The van der Waals surface area contributed by atoms with Crippen LogP contribution >= 0.6 is 0 Å². The Morgan fingerprint density at radius 1 is 1.35 bits per heavy atom. The van der Waals surface area contributed by atoms with Gasteiger partial charge in [-0.3, -0.25) is 9.67 Å². The molecule has 4 rings (SSSR count). The molecule has 2 atom stereocenters. The third kappa shape index (κ3) is 1.42. The highest BCUT2D eigenvalue weighted by Gasteiger charge is 2.45. The van der Waals surface area contributed by atoms with E-state index in [1.165, 1.54) is 6.42 Å². The summed E-state index contributed by atoms with van der Waals surface area (Å²) < 4.78 is 7.62. The largest absolute Gasteiger partial charge is 0.494 e. The average Bonchev–Trinajstić information content (AvgIpc) is 2.96. The van der Waals surface area contributed by atoms with Gasteiger partial charge >= 0.3 is 0 Å². The normalized spacial score (nSPS) is 26.6. The molecular formula is C16H19N3O. The molecule has 2 aliphatic rings. The fourth-order valence-electron chi connectivity index (χ4n) is 3.72. The summed E-state index contributed by atoms with van der Waals surface area (Å²) in [7, 11) is 1.70. The van der Waals surface area contributed by atoms with Crippen LogP contribution in [0.15, 0.2) is 23.2 Å². The van der Waals surface area contributed by atoms with Crippen LogP contribution in [0.25, 0.3) is 10.9 Å². The van der Waals surface area contributed by atoms with Crippen LogP contribution < -0.4 is 4.74 Å². The Balaban J connectivity index is 1.94. The molecule has 0 saturated heterocycles. The lowest BCUT2D eigenvalue weighted by molar-refractivity contribution is 0.289. The average molecular weight is 269 g/mol. The molecule has 1 aliphatic carbocycles. The molecule has 2 heterocycles. The summed E-state index contributed by atoms with van der Waals surface area (Å²) in [5, 5.41) is 5.97. The second kappa shape index (κ2) is 3.84. The van der Waals surface area contributed by atoms with Crippen LogP contribution in [0.2, 0.25) is 0 Å². The van der Waals surface area contributed by atoms with Crippen molar-refractivity contribution in [1.82, 2.24) is 9.78 Å². The molecule has 4 nitrogen and oxygen atoms in total. The van der Waals surface area contributed by atoms with Crippen LogP contribution in [0.4, 0.5) is 0 Å². The molecule has 0 N–H and O–H groups in total. The number of ether oxygens (including phenoxy) is 1. The minimum Gasteiger partial charge on any atom is -0.494 e. The summed E-state index contributed by atoms with van der Waals surface area (Å²) in [5.74, 6) is 0.839. The zero-order chi connectivity index (χ0) is 13.9. The minimum absolute atomic E-state index is 0.265. The van der Waals surface area contributed by atoms with E-state index in [0.717, 1.165) is 28.8 Å². The van der Waals surface area contributed by atoms with E-state index in [4.69, 9.17) is 14.8 Å². The Bertz CT molecular complexity index is 714. The van der Waals surface area contributed by atoms with Crippen LogP contribution in [-0.4, -0.2) is 29.1 Å². The lowest BCUT2D eigenvalue weighted by Gasteiger charge is -2.30. The van der Waals surface area contributed by atoms with Gasteiger partial charge in [0.2, 0.25) is 0 Å². The van der Waals surface area contributed by atoms with Gasteiger partial charge < -0.3 is 4.74 Å². The van der Waals surface area contributed by atoms with Gasteiger partial charge in [0.25, 0.3) is 0 Å². The van der Waals surface area contributed by atoms with Gasteiger partial charge in [-0.15, -0.1) is 0 Å². The van der Waals surface area contributed by atoms with Crippen molar-refractivity contribution >= 4 is 17.1 Å². The van der Waals surface area contributed by atoms with E-state index in [1.54, 1.807) is 7.11 Å². The number of rotatable bonds is 1. The third-order valence-electron chi connectivity index (χ3n) is 4.87. The van der Waals surface area contributed by atoms with Crippen LogP contribution in [0.1, 0.15) is 38.4 Å².